The van der Waals surface area contributed by atoms with Crippen LogP contribution in [0.15, 0.2) is 97.1 Å². The minimum Gasteiger partial charge on any atom is -0.481 e. The number of nitrogens with one attached hydrogen (secondary N) is 1. The van der Waals surface area contributed by atoms with E-state index in [4.69, 9.17) is 26.2 Å². The fourth-order valence-electron chi connectivity index (χ4n) is 6.94. The molecule has 0 spiro atoms. The van der Waals surface area contributed by atoms with E-state index in [9.17, 15) is 19.8 Å². The molecule has 2 aliphatic rings. The second-order valence-electron chi connectivity index (χ2n) is 13.7. The van der Waals surface area contributed by atoms with Crippen LogP contribution in [0, 0.1) is 5.92 Å². The van der Waals surface area contributed by atoms with Gasteiger partial charge in [0.15, 0.2) is 6.29 Å². The van der Waals surface area contributed by atoms with E-state index in [0.29, 0.717) is 31.0 Å². The zero-order valence-corrected chi connectivity index (χ0v) is 29.5. The van der Waals surface area contributed by atoms with Gasteiger partial charge in [-0.15, -0.1) is 0 Å². The number of aliphatic hydroxyl groups is 2. The van der Waals surface area contributed by atoms with E-state index in [1.807, 2.05) is 97.1 Å². The normalized spacial score (nSPS) is 22.0. The van der Waals surface area contributed by atoms with E-state index in [-0.39, 0.29) is 43.5 Å². The molecule has 2 aliphatic heterocycles. The van der Waals surface area contributed by atoms with Crippen LogP contribution in [0.25, 0.3) is 11.1 Å². The second kappa shape index (κ2) is 16.5. The van der Waals surface area contributed by atoms with Gasteiger partial charge in [0.2, 0.25) is 5.91 Å². The lowest BCUT2D eigenvalue weighted by molar-refractivity contribution is -0.277. The monoisotopic (exact) mass is 712 g/mol. The summed E-state index contributed by atoms with van der Waals surface area (Å²) in [6.07, 6.45) is -0.0119. The fourth-order valence-corrected chi connectivity index (χ4v) is 7.07. The van der Waals surface area contributed by atoms with Gasteiger partial charge in [-0.25, -0.2) is 0 Å². The summed E-state index contributed by atoms with van der Waals surface area (Å²) in [6, 6.07) is 31.4. The Hall–Kier alpha value is -4.09. The number of carbonyl (C=O) groups excluding carboxylic acids is 1. The van der Waals surface area contributed by atoms with E-state index in [0.717, 1.165) is 52.0 Å². The highest BCUT2D eigenvalue weighted by atomic mass is 35.5. The highest BCUT2D eigenvalue weighted by Gasteiger charge is 2.41. The molecule has 0 saturated carbocycles. The molecule has 6 rings (SSSR count). The first-order valence-corrected chi connectivity index (χ1v) is 17.9. The number of aliphatic hydroxyl groups excluding tert-OH is 1. The van der Waals surface area contributed by atoms with E-state index < -0.39 is 17.9 Å². The Morgan fingerprint density at radius 1 is 0.863 bits per heavy atom. The number of hydrogen-bond acceptors (Lipinski definition) is 7. The lowest BCUT2D eigenvalue weighted by Crippen LogP contribution is -2.49. The van der Waals surface area contributed by atoms with Crippen LogP contribution >= 0.6 is 11.6 Å². The standard InChI is InChI=1S/C41H45ClN2O7/c1-27-36(25-44-21-19-41(49,20-22-44)34-13-15-35(42)16-14-34)50-40(51-39(27)31-7-5-28(26-45)6-8-31)32-11-9-30(10-12-32)33-4-2-3-29(23-33)24-43-37(46)17-18-38(47)48/h2-16,23,27,36,39-40,45,49H,17-22,24-26H2,1H3,(H,43,46)(H,47,48). The number of ether oxygens (including phenoxy) is 2. The third kappa shape index (κ3) is 9.23. The summed E-state index contributed by atoms with van der Waals surface area (Å²) in [5.74, 6) is -1.26. The third-order valence-corrected chi connectivity index (χ3v) is 10.4. The van der Waals surface area contributed by atoms with Gasteiger partial charge in [0, 0.05) is 49.1 Å². The van der Waals surface area contributed by atoms with Crippen LogP contribution in [-0.2, 0) is 37.8 Å². The average Bonchev–Trinajstić information content (AvgIpc) is 3.15. The molecular weight excluding hydrogens is 668 g/mol. The van der Waals surface area contributed by atoms with Crippen molar-refractivity contribution >= 4 is 23.5 Å². The van der Waals surface area contributed by atoms with Gasteiger partial charge in [0.25, 0.3) is 0 Å². The SMILES string of the molecule is CC1C(CN2CCC(O)(c3ccc(Cl)cc3)CC2)OC(c2ccc(-c3cccc(CNC(=O)CCC(=O)O)c3)cc2)OC1c1ccc(CO)cc1. The number of piperidine rings is 1. The Kier molecular flexibility index (Phi) is 11.9. The summed E-state index contributed by atoms with van der Waals surface area (Å²) in [5, 5.41) is 33.4. The zero-order valence-electron chi connectivity index (χ0n) is 28.7. The van der Waals surface area contributed by atoms with Crippen molar-refractivity contribution in [2.75, 3.05) is 19.6 Å². The quantitative estimate of drug-likeness (QED) is 0.127. The first-order valence-electron chi connectivity index (χ1n) is 17.5. The van der Waals surface area contributed by atoms with Crippen molar-refractivity contribution in [3.05, 3.63) is 130 Å². The fraction of sp³-hybridized carbons (Fsp3) is 0.366. The smallest absolute Gasteiger partial charge is 0.303 e. The number of amides is 1. The van der Waals surface area contributed by atoms with Gasteiger partial charge in [0.05, 0.1) is 30.8 Å². The van der Waals surface area contributed by atoms with Crippen molar-refractivity contribution in [2.45, 2.75) is 69.9 Å². The van der Waals surface area contributed by atoms with Gasteiger partial charge in [-0.05, 0) is 64.4 Å². The molecule has 0 aliphatic carbocycles. The summed E-state index contributed by atoms with van der Waals surface area (Å²) < 4.78 is 13.4. The van der Waals surface area contributed by atoms with Gasteiger partial charge in [-0.3, -0.25) is 9.59 Å². The topological polar surface area (TPSA) is 129 Å². The van der Waals surface area contributed by atoms with Gasteiger partial charge in [0.1, 0.15) is 0 Å². The highest BCUT2D eigenvalue weighted by molar-refractivity contribution is 6.30. The predicted octanol–water partition coefficient (Wildman–Crippen LogP) is 6.76. The number of benzene rings is 4. The molecule has 4 atom stereocenters. The number of carbonyl (C=O) groups is 2. The Labute approximate surface area is 303 Å². The second-order valence-corrected chi connectivity index (χ2v) is 14.1. The number of halogens is 1. The van der Waals surface area contributed by atoms with Crippen LogP contribution in [0.3, 0.4) is 0 Å². The third-order valence-electron chi connectivity index (χ3n) is 10.1. The molecule has 10 heteroatoms. The van der Waals surface area contributed by atoms with Crippen molar-refractivity contribution < 1.29 is 34.4 Å². The number of hydrogen-bond donors (Lipinski definition) is 4. The van der Waals surface area contributed by atoms with Crippen molar-refractivity contribution in [2.24, 2.45) is 5.92 Å². The minimum atomic E-state index is -0.997. The Bertz CT molecular complexity index is 1770. The molecular formula is C41H45ClN2O7. The van der Waals surface area contributed by atoms with Crippen LogP contribution in [-0.4, -0.2) is 57.8 Å². The van der Waals surface area contributed by atoms with E-state index in [1.54, 1.807) is 0 Å². The molecule has 1 amide bonds. The minimum absolute atomic E-state index is 0.0241. The Balaban J connectivity index is 1.16. The van der Waals surface area contributed by atoms with E-state index in [1.165, 1.54) is 0 Å². The van der Waals surface area contributed by atoms with Crippen LogP contribution < -0.4 is 5.32 Å². The summed E-state index contributed by atoms with van der Waals surface area (Å²) in [5.41, 5.74) is 5.66. The molecule has 2 heterocycles. The van der Waals surface area contributed by atoms with Crippen molar-refractivity contribution in [3.8, 4) is 11.1 Å². The molecule has 2 fully saturated rings. The number of carboxylic acids is 1. The van der Waals surface area contributed by atoms with Crippen molar-refractivity contribution in [1.82, 2.24) is 10.2 Å². The van der Waals surface area contributed by atoms with Crippen LogP contribution in [0.5, 0.6) is 0 Å². The molecule has 268 valence electrons. The predicted molar refractivity (Wildman–Crippen MR) is 195 cm³/mol. The zero-order chi connectivity index (χ0) is 36.0. The molecule has 51 heavy (non-hydrogen) atoms. The summed E-state index contributed by atoms with van der Waals surface area (Å²) >= 11 is 6.09. The number of nitrogens with zero attached hydrogens (tertiary/aromatic N) is 1. The molecule has 2 saturated heterocycles. The van der Waals surface area contributed by atoms with E-state index in [2.05, 4.69) is 17.1 Å². The highest BCUT2D eigenvalue weighted by Crippen LogP contribution is 2.43. The maximum absolute atomic E-state index is 12.0. The molecule has 4 aromatic rings. The maximum atomic E-state index is 12.0. The molecule has 4 N–H and O–H groups in total. The lowest BCUT2D eigenvalue weighted by Gasteiger charge is -2.45. The molecule has 4 unspecified atom stereocenters. The number of carboxylic acid groups (broad SMARTS) is 1. The lowest BCUT2D eigenvalue weighted by atomic mass is 9.84. The maximum Gasteiger partial charge on any atom is 0.303 e. The summed E-state index contributed by atoms with van der Waals surface area (Å²) in [7, 11) is 0. The molecule has 9 nitrogen and oxygen atoms in total. The Morgan fingerprint density at radius 2 is 1.55 bits per heavy atom. The van der Waals surface area contributed by atoms with Crippen LogP contribution in [0.1, 0.15) is 72.8 Å². The van der Waals surface area contributed by atoms with Crippen molar-refractivity contribution in [1.29, 1.82) is 0 Å². The van der Waals surface area contributed by atoms with E-state index >= 15 is 0 Å². The number of likely N-dealkylation sites (tertiary alicyclic amines) is 1. The van der Waals surface area contributed by atoms with Gasteiger partial charge < -0.3 is 35.0 Å². The molecule has 4 aromatic carbocycles. The molecule has 0 radical (unpaired) electrons. The number of rotatable bonds is 12. The largest absolute Gasteiger partial charge is 0.481 e. The van der Waals surface area contributed by atoms with Gasteiger partial charge in [-0.1, -0.05) is 97.4 Å². The molecule has 0 bridgehead atoms. The van der Waals surface area contributed by atoms with Crippen LogP contribution in [0.2, 0.25) is 5.02 Å². The Morgan fingerprint density at radius 3 is 2.22 bits per heavy atom. The first-order chi connectivity index (χ1) is 24.6. The molecule has 0 aromatic heterocycles. The van der Waals surface area contributed by atoms with Crippen molar-refractivity contribution in [3.63, 3.8) is 0 Å². The van der Waals surface area contributed by atoms with Gasteiger partial charge >= 0.3 is 5.97 Å². The van der Waals surface area contributed by atoms with Gasteiger partial charge in [-0.2, -0.15) is 0 Å². The van der Waals surface area contributed by atoms with Crippen LogP contribution in [0.4, 0.5) is 0 Å². The first kappa shape index (κ1) is 36.7. The summed E-state index contributed by atoms with van der Waals surface area (Å²) in [6.45, 7) is 4.60. The summed E-state index contributed by atoms with van der Waals surface area (Å²) in [4.78, 5) is 25.2. The average molecular weight is 713 g/mol. The number of aliphatic carboxylic acids is 1.